The van der Waals surface area contributed by atoms with Gasteiger partial charge in [-0.3, -0.25) is 9.48 Å². The van der Waals surface area contributed by atoms with Crippen LogP contribution in [0.25, 0.3) is 0 Å². The zero-order valence-electron chi connectivity index (χ0n) is 13.3. The second kappa shape index (κ2) is 5.79. The van der Waals surface area contributed by atoms with Crippen molar-refractivity contribution in [3.05, 3.63) is 46.8 Å². The smallest absolute Gasteiger partial charge is 0.406 e. The van der Waals surface area contributed by atoms with Gasteiger partial charge in [-0.25, -0.2) is 0 Å². The van der Waals surface area contributed by atoms with E-state index in [1.54, 1.807) is 4.90 Å². The third-order valence-corrected chi connectivity index (χ3v) is 4.63. The summed E-state index contributed by atoms with van der Waals surface area (Å²) in [5.74, 6) is -0.531. The summed E-state index contributed by atoms with van der Waals surface area (Å²) in [7, 11) is 0. The monoisotopic (exact) mass is 351 g/mol. The van der Waals surface area contributed by atoms with Gasteiger partial charge in [-0.05, 0) is 49.1 Å². The Morgan fingerprint density at radius 3 is 2.60 bits per heavy atom. The maximum Gasteiger partial charge on any atom is 0.573 e. The quantitative estimate of drug-likeness (QED) is 0.836. The van der Waals surface area contributed by atoms with Crippen molar-refractivity contribution in [3.8, 4) is 5.75 Å². The Labute approximate surface area is 142 Å². The molecule has 0 bridgehead atoms. The first-order valence-corrected chi connectivity index (χ1v) is 8.13. The molecule has 0 saturated heterocycles. The third-order valence-electron chi connectivity index (χ3n) is 4.63. The molecule has 1 amide bonds. The number of benzene rings is 1. The summed E-state index contributed by atoms with van der Waals surface area (Å²) >= 11 is 0. The number of fused-ring (bicyclic) bond motifs is 3. The zero-order chi connectivity index (χ0) is 17.6. The number of amides is 1. The maximum absolute atomic E-state index is 12.7. The fourth-order valence-corrected chi connectivity index (χ4v) is 3.50. The van der Waals surface area contributed by atoms with E-state index in [0.717, 1.165) is 42.8 Å². The Morgan fingerprint density at radius 2 is 1.88 bits per heavy atom. The number of hydrogen-bond acceptors (Lipinski definition) is 3. The molecule has 0 saturated carbocycles. The molecule has 132 valence electrons. The van der Waals surface area contributed by atoms with Gasteiger partial charge in [0.25, 0.3) is 5.91 Å². The number of aryl methyl sites for hydroxylation is 1. The van der Waals surface area contributed by atoms with Gasteiger partial charge >= 0.3 is 6.36 Å². The molecule has 1 aromatic heterocycles. The topological polar surface area (TPSA) is 47.4 Å². The predicted octanol–water partition coefficient (Wildman–Crippen LogP) is 2.93. The minimum absolute atomic E-state index is 0.197. The molecule has 4 rings (SSSR count). The lowest BCUT2D eigenvalue weighted by atomic mass is 10.1. The average molecular weight is 351 g/mol. The number of hydrogen-bond donors (Lipinski definition) is 0. The van der Waals surface area contributed by atoms with Crippen LogP contribution in [-0.4, -0.2) is 33.5 Å². The van der Waals surface area contributed by atoms with Crippen molar-refractivity contribution >= 4 is 5.91 Å². The summed E-state index contributed by atoms with van der Waals surface area (Å²) in [6, 6.07) is 5.04. The second-order valence-corrected chi connectivity index (χ2v) is 6.25. The summed E-state index contributed by atoms with van der Waals surface area (Å²) in [5, 5.41) is 4.60. The number of nitrogens with zero attached hydrogens (tertiary/aromatic N) is 3. The first-order valence-electron chi connectivity index (χ1n) is 8.13. The van der Waals surface area contributed by atoms with E-state index in [0.29, 0.717) is 25.2 Å². The molecule has 0 spiro atoms. The Hall–Kier alpha value is -2.51. The third kappa shape index (κ3) is 3.08. The highest BCUT2D eigenvalue weighted by Crippen LogP contribution is 2.28. The highest BCUT2D eigenvalue weighted by atomic mass is 19.4. The van der Waals surface area contributed by atoms with Gasteiger partial charge in [-0.1, -0.05) is 0 Å². The van der Waals surface area contributed by atoms with Crippen LogP contribution in [0.15, 0.2) is 24.3 Å². The van der Waals surface area contributed by atoms with Crippen LogP contribution >= 0.6 is 0 Å². The van der Waals surface area contributed by atoms with Gasteiger partial charge < -0.3 is 9.64 Å². The van der Waals surface area contributed by atoms with Crippen molar-refractivity contribution in [3.63, 3.8) is 0 Å². The van der Waals surface area contributed by atoms with Crippen LogP contribution in [0, 0.1) is 0 Å². The molecular weight excluding hydrogens is 335 g/mol. The van der Waals surface area contributed by atoms with Gasteiger partial charge in [0.2, 0.25) is 0 Å². The average Bonchev–Trinajstić information content (AvgIpc) is 3.14. The van der Waals surface area contributed by atoms with Crippen molar-refractivity contribution in [2.75, 3.05) is 6.54 Å². The van der Waals surface area contributed by atoms with Crippen molar-refractivity contribution in [2.45, 2.75) is 38.7 Å². The summed E-state index contributed by atoms with van der Waals surface area (Å²) < 4.78 is 42.4. The van der Waals surface area contributed by atoms with Gasteiger partial charge in [-0.15, -0.1) is 13.2 Å². The molecule has 0 N–H and O–H groups in total. The number of aromatic nitrogens is 2. The molecule has 0 radical (unpaired) electrons. The molecule has 0 unspecified atom stereocenters. The Bertz CT molecular complexity index is 812. The van der Waals surface area contributed by atoms with Crippen molar-refractivity contribution < 1.29 is 22.7 Å². The molecule has 1 aliphatic carbocycles. The number of carbonyl (C=O) groups is 1. The second-order valence-electron chi connectivity index (χ2n) is 6.25. The van der Waals surface area contributed by atoms with E-state index in [-0.39, 0.29) is 11.7 Å². The van der Waals surface area contributed by atoms with E-state index >= 15 is 0 Å². The minimum Gasteiger partial charge on any atom is -0.406 e. The largest absolute Gasteiger partial charge is 0.573 e. The summed E-state index contributed by atoms with van der Waals surface area (Å²) in [5.41, 5.74) is 3.83. The Morgan fingerprint density at radius 1 is 1.12 bits per heavy atom. The molecule has 25 heavy (non-hydrogen) atoms. The van der Waals surface area contributed by atoms with Gasteiger partial charge in [0.1, 0.15) is 5.75 Å². The number of halogens is 3. The zero-order valence-corrected chi connectivity index (χ0v) is 13.3. The molecule has 2 aromatic rings. The van der Waals surface area contributed by atoms with Crippen LogP contribution in [-0.2, 0) is 25.9 Å². The highest BCUT2D eigenvalue weighted by molar-refractivity contribution is 5.94. The van der Waals surface area contributed by atoms with E-state index in [2.05, 4.69) is 9.84 Å². The lowest BCUT2D eigenvalue weighted by molar-refractivity contribution is -0.274. The Kier molecular flexibility index (Phi) is 3.70. The molecule has 1 aliphatic heterocycles. The van der Waals surface area contributed by atoms with Crippen LogP contribution in [0.1, 0.15) is 33.7 Å². The van der Waals surface area contributed by atoms with Crippen LogP contribution in [0.3, 0.4) is 0 Å². The van der Waals surface area contributed by atoms with Crippen molar-refractivity contribution in [1.29, 1.82) is 0 Å². The van der Waals surface area contributed by atoms with E-state index < -0.39 is 6.36 Å². The number of carbonyl (C=O) groups excluding carboxylic acids is 1. The van der Waals surface area contributed by atoms with Crippen molar-refractivity contribution in [1.82, 2.24) is 14.7 Å². The fraction of sp³-hybridized carbons (Fsp3) is 0.412. The van der Waals surface area contributed by atoms with Crippen LogP contribution in [0.5, 0.6) is 5.75 Å². The molecule has 0 fully saturated rings. The van der Waals surface area contributed by atoms with Crippen molar-refractivity contribution in [2.24, 2.45) is 0 Å². The van der Waals surface area contributed by atoms with E-state index in [9.17, 15) is 18.0 Å². The normalized spacial score (nSPS) is 16.5. The van der Waals surface area contributed by atoms with Gasteiger partial charge in [0, 0.05) is 12.1 Å². The van der Waals surface area contributed by atoms with E-state index in [1.165, 1.54) is 17.7 Å². The summed E-state index contributed by atoms with van der Waals surface area (Å²) in [6.07, 6.45) is -1.66. The predicted molar refractivity (Wildman–Crippen MR) is 82.1 cm³/mol. The molecular formula is C17H16F3N3O2. The van der Waals surface area contributed by atoms with Gasteiger partial charge in [0.15, 0.2) is 0 Å². The number of rotatable bonds is 2. The highest BCUT2D eigenvalue weighted by Gasteiger charge is 2.31. The molecule has 8 heteroatoms. The standard InChI is InChI=1S/C17H16F3N3O2/c18-17(19,20)25-12-6-4-11(5-7-12)16(24)22-8-9-23-15(10-22)13-2-1-3-14(13)21-23/h4-7H,1-3,8-10H2. The van der Waals surface area contributed by atoms with Crippen LogP contribution in [0.4, 0.5) is 13.2 Å². The molecule has 2 heterocycles. The number of ether oxygens (including phenoxy) is 1. The molecule has 1 aromatic carbocycles. The Balaban J connectivity index is 1.50. The number of alkyl halides is 3. The lowest BCUT2D eigenvalue weighted by Crippen LogP contribution is -2.38. The van der Waals surface area contributed by atoms with Gasteiger partial charge in [-0.2, -0.15) is 5.10 Å². The van der Waals surface area contributed by atoms with Crippen LogP contribution < -0.4 is 4.74 Å². The molecule has 5 nitrogen and oxygen atoms in total. The SMILES string of the molecule is O=C(c1ccc(OC(F)(F)F)cc1)N1CCn2nc3c(c2C1)CCC3. The lowest BCUT2D eigenvalue weighted by Gasteiger charge is -2.28. The van der Waals surface area contributed by atoms with Gasteiger partial charge in [0.05, 0.1) is 24.5 Å². The summed E-state index contributed by atoms with van der Waals surface area (Å²) in [4.78, 5) is 14.4. The fourth-order valence-electron chi connectivity index (χ4n) is 3.50. The van der Waals surface area contributed by atoms with Crippen LogP contribution in [0.2, 0.25) is 0 Å². The first kappa shape index (κ1) is 16.0. The molecule has 2 aliphatic rings. The summed E-state index contributed by atoms with van der Waals surface area (Å²) in [6.45, 7) is 1.67. The minimum atomic E-state index is -4.74. The molecule has 0 atom stereocenters. The van der Waals surface area contributed by atoms with E-state index in [1.807, 2.05) is 4.68 Å². The maximum atomic E-state index is 12.7. The first-order chi connectivity index (χ1) is 11.9. The van der Waals surface area contributed by atoms with E-state index in [4.69, 9.17) is 0 Å².